The maximum atomic E-state index is 12.3. The van der Waals surface area contributed by atoms with Gasteiger partial charge in [0.1, 0.15) is 5.82 Å². The Hall–Kier alpha value is -2.43. The fourth-order valence-corrected chi connectivity index (χ4v) is 3.09. The monoisotopic (exact) mass is 355 g/mol. The van der Waals surface area contributed by atoms with Crippen LogP contribution in [-0.2, 0) is 17.6 Å². The van der Waals surface area contributed by atoms with Gasteiger partial charge in [0.05, 0.1) is 6.04 Å². The molecule has 2 rings (SSSR count). The average molecular weight is 355 g/mol. The summed E-state index contributed by atoms with van der Waals surface area (Å²) in [6.07, 6.45) is 1.71. The molecule has 5 heteroatoms. The lowest BCUT2D eigenvalue weighted by molar-refractivity contribution is -0.121. The summed E-state index contributed by atoms with van der Waals surface area (Å²) < 4.78 is 0. The number of hydrogen-bond acceptors (Lipinski definition) is 3. The molecule has 1 amide bonds. The van der Waals surface area contributed by atoms with E-state index in [0.717, 1.165) is 12.0 Å². The van der Waals surface area contributed by atoms with Crippen LogP contribution in [0, 0.1) is 19.8 Å². The van der Waals surface area contributed by atoms with Crippen molar-refractivity contribution in [3.63, 3.8) is 0 Å². The van der Waals surface area contributed by atoms with Crippen LogP contribution in [0.1, 0.15) is 61.4 Å². The van der Waals surface area contributed by atoms with Crippen LogP contribution < -0.4 is 10.9 Å². The third-order valence-corrected chi connectivity index (χ3v) is 4.44. The van der Waals surface area contributed by atoms with E-state index in [2.05, 4.69) is 53.4 Å². The molecule has 0 fully saturated rings. The number of benzene rings is 1. The predicted molar refractivity (Wildman–Crippen MR) is 104 cm³/mol. The zero-order chi connectivity index (χ0) is 19.3. The summed E-state index contributed by atoms with van der Waals surface area (Å²) >= 11 is 0. The van der Waals surface area contributed by atoms with Gasteiger partial charge >= 0.3 is 0 Å². The van der Waals surface area contributed by atoms with Crippen molar-refractivity contribution >= 4 is 5.91 Å². The number of amides is 1. The number of carbonyl (C=O) groups is 1. The molecule has 1 aromatic heterocycles. The molecule has 1 atom stereocenters. The van der Waals surface area contributed by atoms with Gasteiger partial charge in [0.25, 0.3) is 5.56 Å². The second kappa shape index (κ2) is 8.79. The maximum Gasteiger partial charge on any atom is 0.254 e. The topological polar surface area (TPSA) is 74.8 Å². The Morgan fingerprint density at radius 3 is 2.38 bits per heavy atom. The summed E-state index contributed by atoms with van der Waals surface area (Å²) in [5.41, 5.74) is 3.50. The molecule has 1 heterocycles. The molecule has 0 spiro atoms. The zero-order valence-electron chi connectivity index (χ0n) is 16.3. The van der Waals surface area contributed by atoms with Crippen LogP contribution in [-0.4, -0.2) is 15.9 Å². The second-order valence-corrected chi connectivity index (χ2v) is 7.34. The predicted octanol–water partition coefficient (Wildman–Crippen LogP) is 3.40. The Morgan fingerprint density at radius 1 is 1.15 bits per heavy atom. The quantitative estimate of drug-likeness (QED) is 0.799. The first kappa shape index (κ1) is 19.9. The van der Waals surface area contributed by atoms with Gasteiger partial charge in [-0.05, 0) is 50.7 Å². The molecule has 26 heavy (non-hydrogen) atoms. The number of aryl methyl sites for hydroxylation is 2. The molecule has 0 aliphatic carbocycles. The Kier molecular flexibility index (Phi) is 6.72. The summed E-state index contributed by atoms with van der Waals surface area (Å²) in [6, 6.07) is 8.33. The zero-order valence-corrected chi connectivity index (χ0v) is 16.3. The molecule has 0 saturated heterocycles. The van der Waals surface area contributed by atoms with E-state index in [4.69, 9.17) is 0 Å². The van der Waals surface area contributed by atoms with Crippen molar-refractivity contribution in [3.8, 4) is 0 Å². The van der Waals surface area contributed by atoms with Gasteiger partial charge in [-0.3, -0.25) is 9.59 Å². The SMILES string of the molecule is Cc1nc(C)c(CCC(=O)N[C@@H](C)c2ccc(CC(C)C)cc2)c(=O)[nH]1. The van der Waals surface area contributed by atoms with Gasteiger partial charge in [0.2, 0.25) is 5.91 Å². The molecule has 2 N–H and O–H groups in total. The van der Waals surface area contributed by atoms with Crippen LogP contribution in [0.2, 0.25) is 0 Å². The highest BCUT2D eigenvalue weighted by Crippen LogP contribution is 2.16. The molecule has 0 aliphatic heterocycles. The molecule has 0 radical (unpaired) electrons. The van der Waals surface area contributed by atoms with Crippen molar-refractivity contribution in [1.82, 2.24) is 15.3 Å². The van der Waals surface area contributed by atoms with E-state index >= 15 is 0 Å². The third-order valence-electron chi connectivity index (χ3n) is 4.44. The lowest BCUT2D eigenvalue weighted by Crippen LogP contribution is -2.28. The van der Waals surface area contributed by atoms with Crippen LogP contribution in [0.3, 0.4) is 0 Å². The fourth-order valence-electron chi connectivity index (χ4n) is 3.09. The first-order valence-corrected chi connectivity index (χ1v) is 9.21. The second-order valence-electron chi connectivity index (χ2n) is 7.34. The van der Waals surface area contributed by atoms with E-state index < -0.39 is 0 Å². The standard InChI is InChI=1S/C21H29N3O2/c1-13(2)12-17-6-8-18(9-7-17)14(3)23-20(25)11-10-19-15(4)22-16(5)24-21(19)26/h6-9,13-14H,10-12H2,1-5H3,(H,23,25)(H,22,24,26)/t14-/m0/s1. The Balaban J connectivity index is 1.92. The minimum absolute atomic E-state index is 0.0638. The lowest BCUT2D eigenvalue weighted by Gasteiger charge is -2.15. The van der Waals surface area contributed by atoms with Crippen molar-refractivity contribution in [1.29, 1.82) is 0 Å². The van der Waals surface area contributed by atoms with E-state index in [1.165, 1.54) is 5.56 Å². The number of aromatic nitrogens is 2. The average Bonchev–Trinajstić information content (AvgIpc) is 2.53. The molecule has 1 aromatic carbocycles. The summed E-state index contributed by atoms with van der Waals surface area (Å²) in [7, 11) is 0. The lowest BCUT2D eigenvalue weighted by atomic mass is 10.00. The van der Waals surface area contributed by atoms with Gasteiger partial charge in [0, 0.05) is 17.7 Å². The molecule has 0 aliphatic rings. The van der Waals surface area contributed by atoms with E-state index in [1.807, 2.05) is 6.92 Å². The van der Waals surface area contributed by atoms with Crippen molar-refractivity contribution in [2.45, 2.75) is 59.9 Å². The number of hydrogen-bond donors (Lipinski definition) is 2. The Bertz CT molecular complexity index is 807. The summed E-state index contributed by atoms with van der Waals surface area (Å²) in [4.78, 5) is 31.2. The molecule has 0 bridgehead atoms. The van der Waals surface area contributed by atoms with Gasteiger partial charge in [-0.25, -0.2) is 4.98 Å². The van der Waals surface area contributed by atoms with Gasteiger partial charge in [-0.15, -0.1) is 0 Å². The highest BCUT2D eigenvalue weighted by atomic mass is 16.1. The molecule has 0 unspecified atom stereocenters. The normalized spacial score (nSPS) is 12.2. The molecule has 140 valence electrons. The number of nitrogens with zero attached hydrogens (tertiary/aromatic N) is 1. The van der Waals surface area contributed by atoms with Crippen molar-refractivity contribution < 1.29 is 4.79 Å². The van der Waals surface area contributed by atoms with Crippen LogP contribution in [0.4, 0.5) is 0 Å². The highest BCUT2D eigenvalue weighted by Gasteiger charge is 2.13. The molecule has 0 saturated carbocycles. The van der Waals surface area contributed by atoms with Crippen LogP contribution >= 0.6 is 0 Å². The maximum absolute atomic E-state index is 12.3. The number of rotatable bonds is 7. The van der Waals surface area contributed by atoms with Crippen molar-refractivity contribution in [2.24, 2.45) is 5.92 Å². The van der Waals surface area contributed by atoms with Gasteiger partial charge in [0.15, 0.2) is 0 Å². The number of nitrogens with one attached hydrogen (secondary N) is 2. The van der Waals surface area contributed by atoms with Crippen molar-refractivity contribution in [2.75, 3.05) is 0 Å². The first-order valence-electron chi connectivity index (χ1n) is 9.21. The minimum atomic E-state index is -0.156. The molecular formula is C21H29N3O2. The van der Waals surface area contributed by atoms with Crippen LogP contribution in [0.5, 0.6) is 0 Å². The Morgan fingerprint density at radius 2 is 1.81 bits per heavy atom. The van der Waals surface area contributed by atoms with Crippen molar-refractivity contribution in [3.05, 3.63) is 62.8 Å². The van der Waals surface area contributed by atoms with Gasteiger partial charge < -0.3 is 10.3 Å². The van der Waals surface area contributed by atoms with E-state index in [9.17, 15) is 9.59 Å². The number of aromatic amines is 1. The van der Waals surface area contributed by atoms with Gasteiger partial charge in [-0.2, -0.15) is 0 Å². The molecule has 5 nitrogen and oxygen atoms in total. The van der Waals surface area contributed by atoms with Crippen LogP contribution in [0.25, 0.3) is 0 Å². The smallest absolute Gasteiger partial charge is 0.254 e. The number of carbonyl (C=O) groups excluding carboxylic acids is 1. The van der Waals surface area contributed by atoms with E-state index in [-0.39, 0.29) is 23.9 Å². The van der Waals surface area contributed by atoms with E-state index in [1.54, 1.807) is 13.8 Å². The van der Waals surface area contributed by atoms with Gasteiger partial charge in [-0.1, -0.05) is 38.1 Å². The minimum Gasteiger partial charge on any atom is -0.350 e. The third kappa shape index (κ3) is 5.55. The first-order chi connectivity index (χ1) is 12.3. The summed E-state index contributed by atoms with van der Waals surface area (Å²) in [5, 5.41) is 3.01. The summed E-state index contributed by atoms with van der Waals surface area (Å²) in [6.45, 7) is 9.93. The fraction of sp³-hybridized carbons (Fsp3) is 0.476. The van der Waals surface area contributed by atoms with E-state index in [0.29, 0.717) is 29.4 Å². The molecular weight excluding hydrogens is 326 g/mol. The van der Waals surface area contributed by atoms with Crippen LogP contribution in [0.15, 0.2) is 29.1 Å². The summed E-state index contributed by atoms with van der Waals surface area (Å²) in [5.74, 6) is 1.15. The highest BCUT2D eigenvalue weighted by molar-refractivity contribution is 5.76. The number of H-pyrrole nitrogens is 1. The molecule has 2 aromatic rings. The Labute approximate surface area is 155 Å². The largest absolute Gasteiger partial charge is 0.350 e.